The van der Waals surface area contributed by atoms with Gasteiger partial charge in [0.1, 0.15) is 5.40 Å². The van der Waals surface area contributed by atoms with Crippen LogP contribution in [0.2, 0.25) is 0 Å². The normalized spacial score (nSPS) is 10.9. The van der Waals surface area contributed by atoms with E-state index in [1.807, 2.05) is 0 Å². The number of thioether (sulfide) groups is 1. The summed E-state index contributed by atoms with van der Waals surface area (Å²) >= 11 is 0.621. The fraction of sp³-hybridized carbons (Fsp3) is 0.750. The maximum atomic E-state index is 11.3. The van der Waals surface area contributed by atoms with E-state index in [4.69, 9.17) is 5.26 Å². The Kier molecular flexibility index (Phi) is 3.47. The molecule has 0 aromatic heterocycles. The number of rotatable bonds is 2. The van der Waals surface area contributed by atoms with Gasteiger partial charge in [0.2, 0.25) is 0 Å². The highest BCUT2D eigenvalue weighted by molar-refractivity contribution is 8.03. The van der Waals surface area contributed by atoms with E-state index in [1.54, 1.807) is 5.40 Å². The predicted octanol–water partition coefficient (Wildman–Crippen LogP) is 2.15. The molecule has 9 heavy (non-hydrogen) atoms. The summed E-state index contributed by atoms with van der Waals surface area (Å²) in [7, 11) is 0. The van der Waals surface area contributed by atoms with Crippen molar-refractivity contribution in [2.24, 2.45) is 0 Å². The number of alkyl halides is 3. The first kappa shape index (κ1) is 8.63. The summed E-state index contributed by atoms with van der Waals surface area (Å²) in [5, 5.41) is 9.37. The lowest BCUT2D eigenvalue weighted by molar-refractivity contribution is -0.129. The van der Waals surface area contributed by atoms with Gasteiger partial charge in [-0.1, -0.05) is 0 Å². The van der Waals surface area contributed by atoms with E-state index in [0.717, 1.165) is 0 Å². The van der Waals surface area contributed by atoms with Crippen LogP contribution in [-0.4, -0.2) is 11.9 Å². The van der Waals surface area contributed by atoms with Gasteiger partial charge in [0.05, 0.1) is 6.42 Å². The monoisotopic (exact) mass is 155 g/mol. The minimum atomic E-state index is -4.12. The maximum absolute atomic E-state index is 11.3. The Balaban J connectivity index is 3.20. The van der Waals surface area contributed by atoms with Gasteiger partial charge in [-0.25, -0.2) is 0 Å². The second-order valence-electron chi connectivity index (χ2n) is 1.30. The van der Waals surface area contributed by atoms with Gasteiger partial charge in [0.15, 0.2) is 0 Å². The fourth-order valence-corrected chi connectivity index (χ4v) is 0.637. The zero-order chi connectivity index (χ0) is 7.33. The quantitative estimate of drug-likeness (QED) is 0.450. The molecule has 0 aliphatic heterocycles. The first-order chi connectivity index (χ1) is 4.06. The van der Waals surface area contributed by atoms with Crippen molar-refractivity contribution in [1.29, 1.82) is 5.26 Å². The number of hydrogen-bond donors (Lipinski definition) is 0. The number of thiocyanates is 1. The third-order valence-corrected chi connectivity index (χ3v) is 1.09. The van der Waals surface area contributed by atoms with E-state index in [0.29, 0.717) is 11.8 Å². The van der Waals surface area contributed by atoms with Gasteiger partial charge in [0.25, 0.3) is 0 Å². The highest BCUT2D eigenvalue weighted by atomic mass is 32.2. The van der Waals surface area contributed by atoms with Crippen molar-refractivity contribution >= 4 is 11.8 Å². The molecule has 1 nitrogen and oxygen atoms in total. The summed E-state index contributed by atoms with van der Waals surface area (Å²) in [5.74, 6) is -0.167. The van der Waals surface area contributed by atoms with Crippen LogP contribution >= 0.6 is 11.8 Å². The predicted molar refractivity (Wildman–Crippen MR) is 28.7 cm³/mol. The van der Waals surface area contributed by atoms with Gasteiger partial charge >= 0.3 is 6.18 Å². The molecule has 0 aliphatic carbocycles. The minimum absolute atomic E-state index is 0.167. The van der Waals surface area contributed by atoms with Crippen LogP contribution in [0.25, 0.3) is 0 Å². The van der Waals surface area contributed by atoms with Crippen LogP contribution in [0, 0.1) is 10.7 Å². The van der Waals surface area contributed by atoms with Crippen molar-refractivity contribution in [3.05, 3.63) is 0 Å². The molecule has 0 radical (unpaired) electrons. The van der Waals surface area contributed by atoms with Crippen LogP contribution in [0.4, 0.5) is 13.2 Å². The number of nitrogens with zero attached hydrogens (tertiary/aromatic N) is 1. The van der Waals surface area contributed by atoms with E-state index in [-0.39, 0.29) is 5.75 Å². The Morgan fingerprint density at radius 2 is 2.00 bits per heavy atom. The zero-order valence-corrected chi connectivity index (χ0v) is 5.22. The first-order valence-electron chi connectivity index (χ1n) is 2.14. The molecule has 0 spiro atoms. The van der Waals surface area contributed by atoms with E-state index >= 15 is 0 Å². The Hall–Kier alpha value is -0.370. The van der Waals surface area contributed by atoms with Crippen molar-refractivity contribution in [3.63, 3.8) is 0 Å². The molecule has 52 valence electrons. The summed E-state index contributed by atoms with van der Waals surface area (Å²) in [6.07, 6.45) is -5.00. The SMILES string of the molecule is N#CSCCC(F)(F)F. The number of nitriles is 1. The standard InChI is InChI=1S/C4H4F3NS/c5-4(6,7)1-2-9-3-8/h1-2H2. The van der Waals surface area contributed by atoms with Crippen LogP contribution in [0.3, 0.4) is 0 Å². The molecule has 0 aromatic carbocycles. The smallest absolute Gasteiger partial charge is 0.185 e. The molecule has 0 aliphatic rings. The lowest BCUT2D eigenvalue weighted by Gasteiger charge is -2.01. The molecule has 0 amide bonds. The van der Waals surface area contributed by atoms with Crippen LogP contribution in [0.5, 0.6) is 0 Å². The fourth-order valence-electron chi connectivity index (χ4n) is 0.212. The second-order valence-corrected chi connectivity index (χ2v) is 2.18. The van der Waals surface area contributed by atoms with E-state index < -0.39 is 12.6 Å². The van der Waals surface area contributed by atoms with Gasteiger partial charge in [-0.15, -0.1) is 0 Å². The highest BCUT2D eigenvalue weighted by Gasteiger charge is 2.25. The molecule has 0 saturated heterocycles. The average Bonchev–Trinajstić information content (AvgIpc) is 1.63. The lowest BCUT2D eigenvalue weighted by atomic mass is 10.5. The van der Waals surface area contributed by atoms with Crippen LogP contribution < -0.4 is 0 Å². The third-order valence-electron chi connectivity index (χ3n) is 0.552. The summed E-state index contributed by atoms with van der Waals surface area (Å²) < 4.78 is 33.8. The summed E-state index contributed by atoms with van der Waals surface area (Å²) in [6, 6.07) is 0. The second kappa shape index (κ2) is 3.62. The average molecular weight is 155 g/mol. The molecule has 0 bridgehead atoms. The van der Waals surface area contributed by atoms with Gasteiger partial charge in [-0.3, -0.25) is 0 Å². The van der Waals surface area contributed by atoms with E-state index in [9.17, 15) is 13.2 Å². The molecule has 0 aromatic rings. The van der Waals surface area contributed by atoms with Gasteiger partial charge in [-0.05, 0) is 11.8 Å². The molecular formula is C4H4F3NS. The summed E-state index contributed by atoms with van der Waals surface area (Å²) in [5.41, 5.74) is 0. The minimum Gasteiger partial charge on any atom is -0.185 e. The van der Waals surface area contributed by atoms with Gasteiger partial charge in [0, 0.05) is 5.75 Å². The Morgan fingerprint density at radius 1 is 1.44 bits per heavy atom. The first-order valence-corrected chi connectivity index (χ1v) is 3.12. The van der Waals surface area contributed by atoms with Crippen molar-refractivity contribution in [2.45, 2.75) is 12.6 Å². The third kappa shape index (κ3) is 7.63. The number of hydrogen-bond acceptors (Lipinski definition) is 2. The highest BCUT2D eigenvalue weighted by Crippen LogP contribution is 2.21. The van der Waals surface area contributed by atoms with Gasteiger partial charge < -0.3 is 0 Å². The van der Waals surface area contributed by atoms with Crippen LogP contribution in [0.1, 0.15) is 6.42 Å². The molecule has 0 unspecified atom stereocenters. The Labute approximate surface area is 54.8 Å². The Bertz CT molecular complexity index is 114. The maximum Gasteiger partial charge on any atom is 0.389 e. The molecule has 5 heteroatoms. The topological polar surface area (TPSA) is 23.8 Å². The van der Waals surface area contributed by atoms with Crippen LogP contribution in [0.15, 0.2) is 0 Å². The Morgan fingerprint density at radius 3 is 2.33 bits per heavy atom. The summed E-state index contributed by atoms with van der Waals surface area (Å²) in [4.78, 5) is 0. The largest absolute Gasteiger partial charge is 0.389 e. The lowest BCUT2D eigenvalue weighted by Crippen LogP contribution is -2.07. The molecule has 0 atom stereocenters. The molecule has 0 N–H and O–H groups in total. The molecule has 0 heterocycles. The van der Waals surface area contributed by atoms with E-state index in [1.165, 1.54) is 0 Å². The summed E-state index contributed by atoms with van der Waals surface area (Å²) in [6.45, 7) is 0. The molecule has 0 rings (SSSR count). The zero-order valence-electron chi connectivity index (χ0n) is 4.40. The van der Waals surface area contributed by atoms with E-state index in [2.05, 4.69) is 0 Å². The molecular weight excluding hydrogens is 151 g/mol. The van der Waals surface area contributed by atoms with Crippen molar-refractivity contribution in [3.8, 4) is 5.40 Å². The number of halogens is 3. The van der Waals surface area contributed by atoms with Crippen molar-refractivity contribution < 1.29 is 13.2 Å². The van der Waals surface area contributed by atoms with Crippen molar-refractivity contribution in [1.82, 2.24) is 0 Å². The molecule has 0 fully saturated rings. The van der Waals surface area contributed by atoms with Crippen LogP contribution in [-0.2, 0) is 0 Å². The molecule has 0 saturated carbocycles. The van der Waals surface area contributed by atoms with Crippen molar-refractivity contribution in [2.75, 3.05) is 5.75 Å². The van der Waals surface area contributed by atoms with Gasteiger partial charge in [-0.2, -0.15) is 18.4 Å².